The predicted molar refractivity (Wildman–Crippen MR) is 84.7 cm³/mol. The van der Waals surface area contributed by atoms with Gasteiger partial charge in [-0.15, -0.1) is 11.3 Å². The van der Waals surface area contributed by atoms with E-state index in [1.165, 1.54) is 30.6 Å². The highest BCUT2D eigenvalue weighted by Crippen LogP contribution is 2.25. The quantitative estimate of drug-likeness (QED) is 0.932. The van der Waals surface area contributed by atoms with E-state index in [-0.39, 0.29) is 11.9 Å². The van der Waals surface area contributed by atoms with Gasteiger partial charge in [0, 0.05) is 17.3 Å². The second-order valence-corrected chi connectivity index (χ2v) is 6.55. The molecule has 2 aromatic heterocycles. The summed E-state index contributed by atoms with van der Waals surface area (Å²) >= 11 is 7.59. The molecule has 1 aliphatic rings. The third-order valence-electron chi connectivity index (χ3n) is 3.65. The highest BCUT2D eigenvalue weighted by atomic mass is 35.5. The molecule has 0 aromatic carbocycles. The number of rotatable bonds is 3. The molecule has 0 radical (unpaired) electrons. The summed E-state index contributed by atoms with van der Waals surface area (Å²) in [5, 5.41) is 3.58. The summed E-state index contributed by atoms with van der Waals surface area (Å²) in [6, 6.07) is 3.63. The van der Waals surface area contributed by atoms with Crippen molar-refractivity contribution < 1.29 is 4.79 Å². The summed E-state index contributed by atoms with van der Waals surface area (Å²) in [6.07, 6.45) is 7.45. The number of halogens is 1. The van der Waals surface area contributed by atoms with Gasteiger partial charge >= 0.3 is 0 Å². The lowest BCUT2D eigenvalue weighted by atomic mass is 9.95. The average Bonchev–Trinajstić information content (AvgIpc) is 3.02. The summed E-state index contributed by atoms with van der Waals surface area (Å²) < 4.78 is 0. The van der Waals surface area contributed by atoms with E-state index < -0.39 is 0 Å². The standard InChI is InChI=1S/C15H16ClN3OS/c16-10-6-12(14-8-17-9-21-14)19-13(7-10)15(20)18-11-4-2-1-3-5-11/h6-9,11H,1-5H2,(H,18,20). The summed E-state index contributed by atoms with van der Waals surface area (Å²) in [7, 11) is 0. The monoisotopic (exact) mass is 321 g/mol. The molecular weight excluding hydrogens is 306 g/mol. The van der Waals surface area contributed by atoms with Crippen LogP contribution in [0, 0.1) is 0 Å². The molecule has 1 fully saturated rings. The van der Waals surface area contributed by atoms with Gasteiger partial charge in [-0.25, -0.2) is 4.98 Å². The van der Waals surface area contributed by atoms with Crippen molar-refractivity contribution in [3.8, 4) is 10.6 Å². The van der Waals surface area contributed by atoms with Gasteiger partial charge in [0.2, 0.25) is 0 Å². The van der Waals surface area contributed by atoms with E-state index in [1.807, 2.05) is 0 Å². The Morgan fingerprint density at radius 2 is 2.10 bits per heavy atom. The second kappa shape index (κ2) is 6.54. The molecule has 0 saturated heterocycles. The van der Waals surface area contributed by atoms with Crippen LogP contribution in [0.5, 0.6) is 0 Å². The zero-order valence-electron chi connectivity index (χ0n) is 11.5. The largest absolute Gasteiger partial charge is 0.348 e. The predicted octanol–water partition coefficient (Wildman–Crippen LogP) is 3.92. The molecular formula is C15H16ClN3OS. The van der Waals surface area contributed by atoms with Crippen LogP contribution in [0.3, 0.4) is 0 Å². The minimum atomic E-state index is -0.143. The van der Waals surface area contributed by atoms with E-state index in [9.17, 15) is 4.79 Å². The van der Waals surface area contributed by atoms with Gasteiger partial charge in [0.15, 0.2) is 0 Å². The number of carbonyl (C=O) groups excluding carboxylic acids is 1. The van der Waals surface area contributed by atoms with Gasteiger partial charge in [-0.1, -0.05) is 30.9 Å². The summed E-state index contributed by atoms with van der Waals surface area (Å²) in [5.41, 5.74) is 2.80. The number of thiazole rings is 1. The molecule has 0 bridgehead atoms. The van der Waals surface area contributed by atoms with E-state index in [2.05, 4.69) is 15.3 Å². The van der Waals surface area contributed by atoms with Gasteiger partial charge in [0.05, 0.1) is 16.1 Å². The van der Waals surface area contributed by atoms with Gasteiger partial charge in [-0.05, 0) is 25.0 Å². The molecule has 1 N–H and O–H groups in total. The van der Waals surface area contributed by atoms with Crippen LogP contribution in [-0.4, -0.2) is 21.9 Å². The number of pyridine rings is 1. The zero-order valence-corrected chi connectivity index (χ0v) is 13.1. The third-order valence-corrected chi connectivity index (χ3v) is 4.66. The van der Waals surface area contributed by atoms with Crippen LogP contribution < -0.4 is 5.32 Å². The molecule has 110 valence electrons. The van der Waals surface area contributed by atoms with Gasteiger partial charge in [0.25, 0.3) is 5.91 Å². The van der Waals surface area contributed by atoms with E-state index in [0.717, 1.165) is 17.7 Å². The number of hydrogen-bond acceptors (Lipinski definition) is 4. The van der Waals surface area contributed by atoms with Crippen LogP contribution in [0.15, 0.2) is 23.8 Å². The van der Waals surface area contributed by atoms with Gasteiger partial charge in [0.1, 0.15) is 5.69 Å². The number of aromatic nitrogens is 2. The molecule has 2 aromatic rings. The Labute approximate surface area is 132 Å². The first kappa shape index (κ1) is 14.5. The number of carbonyl (C=O) groups is 1. The Kier molecular flexibility index (Phi) is 4.51. The lowest BCUT2D eigenvalue weighted by molar-refractivity contribution is 0.0923. The molecule has 21 heavy (non-hydrogen) atoms. The molecule has 0 atom stereocenters. The molecule has 0 unspecified atom stereocenters. The minimum absolute atomic E-state index is 0.143. The fourth-order valence-electron chi connectivity index (χ4n) is 2.59. The van der Waals surface area contributed by atoms with Crippen LogP contribution in [0.1, 0.15) is 42.6 Å². The van der Waals surface area contributed by atoms with Gasteiger partial charge in [-0.2, -0.15) is 0 Å². The van der Waals surface area contributed by atoms with Crippen molar-refractivity contribution in [2.24, 2.45) is 0 Å². The molecule has 1 aliphatic carbocycles. The fraction of sp³-hybridized carbons (Fsp3) is 0.400. The van der Waals surface area contributed by atoms with Crippen LogP contribution in [0.4, 0.5) is 0 Å². The zero-order chi connectivity index (χ0) is 14.7. The molecule has 1 amide bonds. The summed E-state index contributed by atoms with van der Waals surface area (Å²) in [4.78, 5) is 21.7. The smallest absolute Gasteiger partial charge is 0.270 e. The van der Waals surface area contributed by atoms with Crippen molar-refractivity contribution in [3.05, 3.63) is 34.6 Å². The third kappa shape index (κ3) is 3.60. The number of amides is 1. The second-order valence-electron chi connectivity index (χ2n) is 5.23. The SMILES string of the molecule is O=C(NC1CCCCC1)c1cc(Cl)cc(-c2cncs2)n1. The lowest BCUT2D eigenvalue weighted by Gasteiger charge is -2.22. The van der Waals surface area contributed by atoms with Crippen molar-refractivity contribution in [1.29, 1.82) is 0 Å². The Morgan fingerprint density at radius 1 is 1.29 bits per heavy atom. The van der Waals surface area contributed by atoms with Crippen LogP contribution >= 0.6 is 22.9 Å². The molecule has 0 spiro atoms. The lowest BCUT2D eigenvalue weighted by Crippen LogP contribution is -2.36. The first-order chi connectivity index (χ1) is 10.2. The van der Waals surface area contributed by atoms with E-state index in [0.29, 0.717) is 16.4 Å². The Hall–Kier alpha value is -1.46. The van der Waals surface area contributed by atoms with Crippen molar-refractivity contribution in [2.45, 2.75) is 38.1 Å². The maximum atomic E-state index is 12.3. The summed E-state index contributed by atoms with van der Waals surface area (Å²) in [5.74, 6) is -0.143. The van der Waals surface area contributed by atoms with Crippen LogP contribution in [-0.2, 0) is 0 Å². The molecule has 2 heterocycles. The summed E-state index contributed by atoms with van der Waals surface area (Å²) in [6.45, 7) is 0. The molecule has 3 rings (SSSR count). The highest BCUT2D eigenvalue weighted by Gasteiger charge is 2.18. The molecule has 6 heteroatoms. The van der Waals surface area contributed by atoms with Crippen molar-refractivity contribution in [2.75, 3.05) is 0 Å². The maximum Gasteiger partial charge on any atom is 0.270 e. The van der Waals surface area contributed by atoms with Gasteiger partial charge < -0.3 is 5.32 Å². The molecule has 4 nitrogen and oxygen atoms in total. The van der Waals surface area contributed by atoms with Crippen molar-refractivity contribution in [1.82, 2.24) is 15.3 Å². The first-order valence-corrected chi connectivity index (χ1v) is 8.35. The highest BCUT2D eigenvalue weighted by molar-refractivity contribution is 7.13. The number of hydrogen-bond donors (Lipinski definition) is 1. The molecule has 1 saturated carbocycles. The van der Waals surface area contributed by atoms with Crippen molar-refractivity contribution >= 4 is 28.8 Å². The number of nitrogens with zero attached hydrogens (tertiary/aromatic N) is 2. The topological polar surface area (TPSA) is 54.9 Å². The molecule has 0 aliphatic heterocycles. The van der Waals surface area contributed by atoms with Crippen LogP contribution in [0.25, 0.3) is 10.6 Å². The van der Waals surface area contributed by atoms with E-state index in [1.54, 1.807) is 23.8 Å². The minimum Gasteiger partial charge on any atom is -0.348 e. The fourth-order valence-corrected chi connectivity index (χ4v) is 3.38. The van der Waals surface area contributed by atoms with Gasteiger partial charge in [-0.3, -0.25) is 9.78 Å². The maximum absolute atomic E-state index is 12.3. The van der Waals surface area contributed by atoms with E-state index >= 15 is 0 Å². The Bertz CT molecular complexity index is 624. The Morgan fingerprint density at radius 3 is 2.81 bits per heavy atom. The number of nitrogens with one attached hydrogen (secondary N) is 1. The van der Waals surface area contributed by atoms with E-state index in [4.69, 9.17) is 11.6 Å². The normalized spacial score (nSPS) is 15.9. The average molecular weight is 322 g/mol. The first-order valence-electron chi connectivity index (χ1n) is 7.10. The Balaban J connectivity index is 1.79. The van der Waals surface area contributed by atoms with Crippen LogP contribution in [0.2, 0.25) is 5.02 Å². The van der Waals surface area contributed by atoms with Crippen molar-refractivity contribution in [3.63, 3.8) is 0 Å².